The van der Waals surface area contributed by atoms with Crippen molar-refractivity contribution in [3.8, 4) is 0 Å². The summed E-state index contributed by atoms with van der Waals surface area (Å²) in [5, 5.41) is 0.542. The summed E-state index contributed by atoms with van der Waals surface area (Å²) in [7, 11) is 0. The van der Waals surface area contributed by atoms with Gasteiger partial charge in [0.1, 0.15) is 12.1 Å². The maximum Gasteiger partial charge on any atom is 0.260 e. The molecule has 5 heteroatoms. The molecule has 96 valence electrons. The van der Waals surface area contributed by atoms with Crippen molar-refractivity contribution in [1.29, 1.82) is 0 Å². The minimum Gasteiger partial charge on any atom is -0.439 e. The van der Waals surface area contributed by atoms with E-state index >= 15 is 0 Å². The Morgan fingerprint density at radius 1 is 1.39 bits per heavy atom. The summed E-state index contributed by atoms with van der Waals surface area (Å²) in [6, 6.07) is 3.02. The number of nitrogens with two attached hydrogens (primary N) is 1. The van der Waals surface area contributed by atoms with E-state index in [1.165, 1.54) is 17.8 Å². The number of rotatable bonds is 3. The third-order valence-corrected chi connectivity index (χ3v) is 3.51. The molecular weight excluding hydrogens is 251 g/mol. The van der Waals surface area contributed by atoms with E-state index < -0.39 is 0 Å². The minimum atomic E-state index is -0.241. The molecule has 0 amide bonds. The maximum atomic E-state index is 13.6. The Bertz CT molecular complexity index is 566. The Morgan fingerprint density at radius 2 is 2.11 bits per heavy atom. The maximum absolute atomic E-state index is 13.6. The molecule has 1 atom stereocenters. The van der Waals surface area contributed by atoms with Crippen LogP contribution in [0.3, 0.4) is 0 Å². The topological polar surface area (TPSA) is 52.0 Å². The Hall–Kier alpha value is -1.33. The zero-order valence-corrected chi connectivity index (χ0v) is 11.3. The molecule has 0 radical (unpaired) electrons. The van der Waals surface area contributed by atoms with Crippen LogP contribution in [-0.2, 0) is 0 Å². The van der Waals surface area contributed by atoms with E-state index in [0.717, 1.165) is 16.2 Å². The molecule has 2 rings (SSSR count). The lowest BCUT2D eigenvalue weighted by Gasteiger charge is -2.12. The number of benzene rings is 1. The van der Waals surface area contributed by atoms with Gasteiger partial charge in [-0.15, -0.1) is 0 Å². The molecule has 0 saturated heterocycles. The van der Waals surface area contributed by atoms with Gasteiger partial charge in [-0.05, 0) is 55.8 Å². The van der Waals surface area contributed by atoms with Gasteiger partial charge in [-0.3, -0.25) is 0 Å². The van der Waals surface area contributed by atoms with Gasteiger partial charge in [-0.25, -0.2) is 9.37 Å². The number of aromatic nitrogens is 1. The molecule has 2 N–H and O–H groups in total. The lowest BCUT2D eigenvalue weighted by Crippen LogP contribution is -2.07. The predicted molar refractivity (Wildman–Crippen MR) is 69.1 cm³/mol. The first kappa shape index (κ1) is 13.1. The molecule has 0 bridgehead atoms. The van der Waals surface area contributed by atoms with Crippen molar-refractivity contribution in [3.63, 3.8) is 0 Å². The Labute approximate surface area is 110 Å². The summed E-state index contributed by atoms with van der Waals surface area (Å²) >= 11 is 1.36. The predicted octanol–water partition coefficient (Wildman–Crippen LogP) is 3.60. The zero-order chi connectivity index (χ0) is 13.3. The van der Waals surface area contributed by atoms with Crippen LogP contribution >= 0.6 is 11.8 Å². The van der Waals surface area contributed by atoms with Crippen LogP contribution in [0.1, 0.15) is 29.8 Å². The largest absolute Gasteiger partial charge is 0.439 e. The van der Waals surface area contributed by atoms with E-state index in [2.05, 4.69) is 4.98 Å². The summed E-state index contributed by atoms with van der Waals surface area (Å²) < 4.78 is 18.8. The summed E-state index contributed by atoms with van der Waals surface area (Å²) in [6.07, 6.45) is 1.59. The van der Waals surface area contributed by atoms with Gasteiger partial charge in [0, 0.05) is 10.9 Å². The lowest BCUT2D eigenvalue weighted by molar-refractivity contribution is 0.454. The molecule has 1 aromatic carbocycles. The van der Waals surface area contributed by atoms with Gasteiger partial charge >= 0.3 is 0 Å². The number of oxazole rings is 1. The van der Waals surface area contributed by atoms with Crippen LogP contribution in [0.25, 0.3) is 0 Å². The number of hydrogen-bond acceptors (Lipinski definition) is 4. The van der Waals surface area contributed by atoms with Gasteiger partial charge in [-0.2, -0.15) is 0 Å². The summed E-state index contributed by atoms with van der Waals surface area (Å²) in [6.45, 7) is 5.41. The molecule has 0 spiro atoms. The summed E-state index contributed by atoms with van der Waals surface area (Å²) in [5.74, 6) is -0.241. The Morgan fingerprint density at radius 3 is 2.67 bits per heavy atom. The SMILES string of the molecule is Cc1coc(Sc2cc(C)c(F)cc2[C@H](C)N)n1. The number of hydrogen-bond donors (Lipinski definition) is 1. The molecule has 0 aliphatic rings. The van der Waals surface area contributed by atoms with Gasteiger partial charge in [-0.1, -0.05) is 0 Å². The van der Waals surface area contributed by atoms with Gasteiger partial charge in [0.25, 0.3) is 5.22 Å². The molecule has 2 aromatic rings. The lowest BCUT2D eigenvalue weighted by atomic mass is 10.1. The highest BCUT2D eigenvalue weighted by molar-refractivity contribution is 7.99. The van der Waals surface area contributed by atoms with Gasteiger partial charge in [0.05, 0.1) is 5.69 Å². The number of aryl methyl sites for hydroxylation is 2. The van der Waals surface area contributed by atoms with E-state index in [4.69, 9.17) is 10.2 Å². The average Bonchev–Trinajstić information content (AvgIpc) is 2.68. The third kappa shape index (κ3) is 2.73. The minimum absolute atomic E-state index is 0.237. The first-order chi connectivity index (χ1) is 8.47. The average molecular weight is 266 g/mol. The monoisotopic (exact) mass is 266 g/mol. The van der Waals surface area contributed by atoms with Crippen molar-refractivity contribution < 1.29 is 8.81 Å². The quantitative estimate of drug-likeness (QED) is 0.922. The van der Waals surface area contributed by atoms with Crippen LogP contribution in [0.4, 0.5) is 4.39 Å². The molecule has 0 aliphatic heterocycles. The molecule has 1 heterocycles. The molecule has 18 heavy (non-hydrogen) atoms. The molecule has 0 unspecified atom stereocenters. The highest BCUT2D eigenvalue weighted by atomic mass is 32.2. The Kier molecular flexibility index (Phi) is 3.73. The van der Waals surface area contributed by atoms with Crippen LogP contribution in [0.15, 0.2) is 32.9 Å². The fourth-order valence-electron chi connectivity index (χ4n) is 1.59. The Balaban J connectivity index is 2.39. The van der Waals surface area contributed by atoms with Crippen LogP contribution in [0.5, 0.6) is 0 Å². The number of nitrogens with zero attached hydrogens (tertiary/aromatic N) is 1. The van der Waals surface area contributed by atoms with E-state index in [1.807, 2.05) is 13.8 Å². The van der Waals surface area contributed by atoms with Crippen LogP contribution < -0.4 is 5.73 Å². The van der Waals surface area contributed by atoms with E-state index in [0.29, 0.717) is 10.8 Å². The highest BCUT2D eigenvalue weighted by Crippen LogP contribution is 2.33. The van der Waals surface area contributed by atoms with Gasteiger partial charge in [0.2, 0.25) is 0 Å². The van der Waals surface area contributed by atoms with Crippen molar-refractivity contribution in [2.75, 3.05) is 0 Å². The van der Waals surface area contributed by atoms with E-state index in [-0.39, 0.29) is 11.9 Å². The van der Waals surface area contributed by atoms with Crippen molar-refractivity contribution in [2.24, 2.45) is 5.73 Å². The third-order valence-electron chi connectivity index (χ3n) is 2.58. The van der Waals surface area contributed by atoms with Crippen molar-refractivity contribution in [3.05, 3.63) is 41.0 Å². The van der Waals surface area contributed by atoms with Crippen molar-refractivity contribution in [1.82, 2.24) is 4.98 Å². The molecule has 3 nitrogen and oxygen atoms in total. The smallest absolute Gasteiger partial charge is 0.260 e. The molecule has 0 fully saturated rings. The second-order valence-corrected chi connectivity index (χ2v) is 5.28. The second-order valence-electron chi connectivity index (χ2n) is 4.28. The van der Waals surface area contributed by atoms with Gasteiger partial charge in [0.15, 0.2) is 0 Å². The fraction of sp³-hybridized carbons (Fsp3) is 0.308. The van der Waals surface area contributed by atoms with Crippen LogP contribution in [0, 0.1) is 19.7 Å². The van der Waals surface area contributed by atoms with Crippen molar-refractivity contribution >= 4 is 11.8 Å². The first-order valence-electron chi connectivity index (χ1n) is 5.63. The van der Waals surface area contributed by atoms with Crippen LogP contribution in [0.2, 0.25) is 0 Å². The molecule has 0 aliphatic carbocycles. The standard InChI is InChI=1S/C13H15FN2OS/c1-7-4-12(10(9(3)15)5-11(7)14)18-13-16-8(2)6-17-13/h4-6,9H,15H2,1-3H3/t9-/m0/s1. The van der Waals surface area contributed by atoms with E-state index in [9.17, 15) is 4.39 Å². The summed E-state index contributed by atoms with van der Waals surface area (Å²) in [4.78, 5) is 5.10. The first-order valence-corrected chi connectivity index (χ1v) is 6.44. The van der Waals surface area contributed by atoms with Crippen LogP contribution in [-0.4, -0.2) is 4.98 Å². The van der Waals surface area contributed by atoms with E-state index in [1.54, 1.807) is 19.3 Å². The highest BCUT2D eigenvalue weighted by Gasteiger charge is 2.14. The van der Waals surface area contributed by atoms with Crippen molar-refractivity contribution in [2.45, 2.75) is 36.9 Å². The normalized spacial score (nSPS) is 12.7. The fourth-order valence-corrected chi connectivity index (χ4v) is 2.66. The second kappa shape index (κ2) is 5.12. The molecular formula is C13H15FN2OS. The zero-order valence-electron chi connectivity index (χ0n) is 10.5. The number of halogens is 1. The molecule has 0 saturated carbocycles. The summed E-state index contributed by atoms with van der Waals surface area (Å²) in [5.41, 5.74) is 8.03. The van der Waals surface area contributed by atoms with Gasteiger partial charge < -0.3 is 10.2 Å². The molecule has 1 aromatic heterocycles.